The lowest BCUT2D eigenvalue weighted by atomic mass is 9.95. The van der Waals surface area contributed by atoms with Gasteiger partial charge in [0.05, 0.1) is 9.92 Å². The van der Waals surface area contributed by atoms with Crippen molar-refractivity contribution in [2.45, 2.75) is 46.1 Å². The van der Waals surface area contributed by atoms with Crippen LogP contribution in [-0.4, -0.2) is 8.42 Å². The maximum absolute atomic E-state index is 13.2. The van der Waals surface area contributed by atoms with Crippen molar-refractivity contribution in [3.63, 3.8) is 0 Å². The predicted octanol–water partition coefficient (Wildman–Crippen LogP) is 4.50. The van der Waals surface area contributed by atoms with E-state index in [0.29, 0.717) is 10.5 Å². The molecule has 0 aromatic heterocycles. The minimum atomic E-state index is -3.69. The van der Waals surface area contributed by atoms with Crippen LogP contribution in [0.5, 0.6) is 0 Å². The molecule has 2 rings (SSSR count). The van der Waals surface area contributed by atoms with E-state index in [9.17, 15) is 12.8 Å². The first kappa shape index (κ1) is 18.9. The Hall–Kier alpha value is -1.43. The van der Waals surface area contributed by atoms with Gasteiger partial charge in [-0.3, -0.25) is 0 Å². The van der Waals surface area contributed by atoms with E-state index in [-0.39, 0.29) is 11.6 Å². The van der Waals surface area contributed by atoms with Gasteiger partial charge in [0.2, 0.25) is 10.0 Å². The molecule has 0 amide bonds. The minimum Gasteiger partial charge on any atom is -0.207 e. The molecule has 2 aromatic rings. The smallest absolute Gasteiger partial charge is 0.207 e. The van der Waals surface area contributed by atoms with Crippen molar-refractivity contribution in [1.82, 2.24) is 4.72 Å². The van der Waals surface area contributed by atoms with Crippen LogP contribution < -0.4 is 4.72 Å². The second-order valence-corrected chi connectivity index (χ2v) is 8.14. The Balaban J connectivity index is 2.39. The first-order chi connectivity index (χ1) is 11.1. The second kappa shape index (κ2) is 6.82. The lowest BCUT2D eigenvalue weighted by molar-refractivity contribution is 0.579. The lowest BCUT2D eigenvalue weighted by Gasteiger charge is -2.19. The fourth-order valence-corrected chi connectivity index (χ4v) is 4.59. The van der Waals surface area contributed by atoms with Gasteiger partial charge in [-0.15, -0.1) is 0 Å². The predicted molar refractivity (Wildman–Crippen MR) is 95.6 cm³/mol. The molecule has 0 bridgehead atoms. The molecule has 0 saturated heterocycles. The summed E-state index contributed by atoms with van der Waals surface area (Å²) in [5.41, 5.74) is 5.15. The number of hydrogen-bond donors (Lipinski definition) is 1. The molecule has 2 aromatic carbocycles. The zero-order valence-corrected chi connectivity index (χ0v) is 16.0. The standard InChI is InChI=1S/C18H21ClFNO2S/c1-10-11(2)13(4)18(14(5)12(10)3)24(22,23)21-9-15-6-7-17(20)16(19)8-15/h6-8,21H,9H2,1-5H3. The quantitative estimate of drug-likeness (QED) is 0.862. The van der Waals surface area contributed by atoms with Crippen molar-refractivity contribution >= 4 is 21.6 Å². The van der Waals surface area contributed by atoms with Gasteiger partial charge in [-0.1, -0.05) is 17.7 Å². The average Bonchev–Trinajstić information content (AvgIpc) is 2.52. The largest absolute Gasteiger partial charge is 0.241 e. The summed E-state index contributed by atoms with van der Waals surface area (Å²) in [4.78, 5) is 0.316. The Bertz CT molecular complexity index is 879. The topological polar surface area (TPSA) is 46.2 Å². The summed E-state index contributed by atoms with van der Waals surface area (Å²) < 4.78 is 41.4. The summed E-state index contributed by atoms with van der Waals surface area (Å²) >= 11 is 5.74. The number of hydrogen-bond acceptors (Lipinski definition) is 2. The molecule has 24 heavy (non-hydrogen) atoms. The van der Waals surface area contributed by atoms with Gasteiger partial charge in [0.15, 0.2) is 0 Å². The minimum absolute atomic E-state index is 0.0268. The fourth-order valence-electron chi connectivity index (χ4n) is 2.77. The molecular weight excluding hydrogens is 349 g/mol. The molecule has 0 radical (unpaired) electrons. The molecule has 0 aliphatic heterocycles. The zero-order valence-electron chi connectivity index (χ0n) is 14.4. The van der Waals surface area contributed by atoms with E-state index < -0.39 is 15.8 Å². The summed E-state index contributed by atoms with van der Waals surface area (Å²) in [6.45, 7) is 9.53. The molecule has 0 heterocycles. The highest BCUT2D eigenvalue weighted by Crippen LogP contribution is 2.29. The molecule has 0 atom stereocenters. The van der Waals surface area contributed by atoms with Crippen LogP contribution in [0.3, 0.4) is 0 Å². The maximum atomic E-state index is 13.2. The Labute approximate surface area is 147 Å². The van der Waals surface area contributed by atoms with Crippen molar-refractivity contribution in [2.24, 2.45) is 0 Å². The van der Waals surface area contributed by atoms with E-state index in [1.54, 1.807) is 0 Å². The summed E-state index contributed by atoms with van der Waals surface area (Å²) in [7, 11) is -3.69. The van der Waals surface area contributed by atoms with Crippen molar-refractivity contribution in [2.75, 3.05) is 0 Å². The van der Waals surface area contributed by atoms with Crippen molar-refractivity contribution < 1.29 is 12.8 Å². The van der Waals surface area contributed by atoms with Crippen molar-refractivity contribution in [1.29, 1.82) is 0 Å². The van der Waals surface area contributed by atoms with E-state index in [1.165, 1.54) is 18.2 Å². The van der Waals surface area contributed by atoms with Crippen LogP contribution in [0.4, 0.5) is 4.39 Å². The summed E-state index contributed by atoms with van der Waals surface area (Å²) in [5, 5.41) is -0.0268. The normalized spacial score (nSPS) is 11.8. The molecule has 0 fully saturated rings. The average molecular weight is 370 g/mol. The van der Waals surface area contributed by atoms with Crippen LogP contribution in [0.25, 0.3) is 0 Å². The van der Waals surface area contributed by atoms with E-state index in [0.717, 1.165) is 27.8 Å². The Morgan fingerprint density at radius 3 is 1.96 bits per heavy atom. The molecule has 6 heteroatoms. The fraction of sp³-hybridized carbons (Fsp3) is 0.333. The Morgan fingerprint density at radius 2 is 1.46 bits per heavy atom. The van der Waals surface area contributed by atoms with Gasteiger partial charge in [0.1, 0.15) is 5.82 Å². The molecule has 0 unspecified atom stereocenters. The van der Waals surface area contributed by atoms with E-state index in [4.69, 9.17) is 11.6 Å². The Morgan fingerprint density at radius 1 is 0.958 bits per heavy atom. The summed E-state index contributed by atoms with van der Waals surface area (Å²) in [6, 6.07) is 4.16. The lowest BCUT2D eigenvalue weighted by Crippen LogP contribution is -2.25. The van der Waals surface area contributed by atoms with E-state index >= 15 is 0 Å². The molecule has 3 nitrogen and oxygen atoms in total. The van der Waals surface area contributed by atoms with Gasteiger partial charge < -0.3 is 0 Å². The van der Waals surface area contributed by atoms with Gasteiger partial charge in [-0.05, 0) is 80.1 Å². The van der Waals surface area contributed by atoms with Gasteiger partial charge in [0.25, 0.3) is 0 Å². The van der Waals surface area contributed by atoms with Crippen molar-refractivity contribution in [3.05, 3.63) is 62.4 Å². The van der Waals surface area contributed by atoms with Crippen LogP contribution in [0.1, 0.15) is 33.4 Å². The van der Waals surface area contributed by atoms with Gasteiger partial charge >= 0.3 is 0 Å². The zero-order chi connectivity index (χ0) is 18.2. The molecule has 130 valence electrons. The molecule has 0 aliphatic carbocycles. The molecule has 0 aliphatic rings. The maximum Gasteiger partial charge on any atom is 0.241 e. The van der Waals surface area contributed by atoms with Crippen LogP contribution in [0, 0.1) is 40.4 Å². The summed E-state index contributed by atoms with van der Waals surface area (Å²) in [5.74, 6) is -0.528. The number of rotatable bonds is 4. The van der Waals surface area contributed by atoms with Crippen LogP contribution in [0.15, 0.2) is 23.1 Å². The first-order valence-corrected chi connectivity index (χ1v) is 9.43. The molecule has 0 saturated carbocycles. The molecular formula is C18H21ClFNO2S. The van der Waals surface area contributed by atoms with Gasteiger partial charge in [0, 0.05) is 6.54 Å². The summed E-state index contributed by atoms with van der Waals surface area (Å²) in [6.07, 6.45) is 0. The number of halogens is 2. The molecule has 0 spiro atoms. The number of sulfonamides is 1. The van der Waals surface area contributed by atoms with Gasteiger partial charge in [-0.25, -0.2) is 17.5 Å². The highest BCUT2D eigenvalue weighted by molar-refractivity contribution is 7.89. The van der Waals surface area contributed by atoms with Crippen molar-refractivity contribution in [3.8, 4) is 0 Å². The van der Waals surface area contributed by atoms with E-state index in [2.05, 4.69) is 4.72 Å². The highest BCUT2D eigenvalue weighted by atomic mass is 35.5. The SMILES string of the molecule is Cc1c(C)c(C)c(S(=O)(=O)NCc2ccc(F)c(Cl)c2)c(C)c1C. The van der Waals surface area contributed by atoms with Crippen LogP contribution in [-0.2, 0) is 16.6 Å². The third-order valence-electron chi connectivity index (χ3n) is 4.65. The molecule has 1 N–H and O–H groups in total. The number of nitrogens with one attached hydrogen (secondary N) is 1. The van der Waals surface area contributed by atoms with E-state index in [1.807, 2.05) is 34.6 Å². The third-order valence-corrected chi connectivity index (χ3v) is 6.61. The Kier molecular flexibility index (Phi) is 5.37. The third kappa shape index (κ3) is 3.48. The second-order valence-electron chi connectivity index (χ2n) is 6.03. The highest BCUT2D eigenvalue weighted by Gasteiger charge is 2.23. The first-order valence-electron chi connectivity index (χ1n) is 7.56. The number of benzene rings is 2. The van der Waals surface area contributed by atoms with Crippen LogP contribution in [0.2, 0.25) is 5.02 Å². The van der Waals surface area contributed by atoms with Crippen LogP contribution >= 0.6 is 11.6 Å². The monoisotopic (exact) mass is 369 g/mol. The van der Waals surface area contributed by atoms with Gasteiger partial charge in [-0.2, -0.15) is 0 Å².